The van der Waals surface area contributed by atoms with Gasteiger partial charge in [-0.15, -0.1) is 0 Å². The van der Waals surface area contributed by atoms with Crippen LogP contribution in [0.4, 0.5) is 8.78 Å². The van der Waals surface area contributed by atoms with Crippen molar-refractivity contribution in [1.29, 1.82) is 0 Å². The Morgan fingerprint density at radius 2 is 1.89 bits per heavy atom. The lowest BCUT2D eigenvalue weighted by atomic mass is 9.99. The predicted octanol–water partition coefficient (Wildman–Crippen LogP) is 3.37. The fraction of sp³-hybridized carbons (Fsp3) is 0.143. The lowest BCUT2D eigenvalue weighted by Gasteiger charge is -2.16. The van der Waals surface area contributed by atoms with Gasteiger partial charge >= 0.3 is 0 Å². The third-order valence-corrected chi connectivity index (χ3v) is 3.11. The van der Waals surface area contributed by atoms with Gasteiger partial charge in [-0.1, -0.05) is 29.8 Å². The Kier molecular flexibility index (Phi) is 4.47. The van der Waals surface area contributed by atoms with Gasteiger partial charge in [0.1, 0.15) is 0 Å². The minimum absolute atomic E-state index is 0.219. The molecule has 100 valence electrons. The van der Waals surface area contributed by atoms with Crippen LogP contribution in [0, 0.1) is 11.6 Å². The fourth-order valence-corrected chi connectivity index (χ4v) is 2.10. The topological polar surface area (TPSA) is 38.0 Å². The third-order valence-electron chi connectivity index (χ3n) is 2.88. The molecule has 0 radical (unpaired) electrons. The standard InChI is InChI=1S/C14H13ClF2N2/c15-11-3-1-2-10(8-11)14(19-18)7-9-4-5-12(16)13(17)6-9/h1-6,8,14,19H,7,18H2. The smallest absolute Gasteiger partial charge is 0.159 e. The summed E-state index contributed by atoms with van der Waals surface area (Å²) in [5.41, 5.74) is 4.20. The maximum atomic E-state index is 13.2. The highest BCUT2D eigenvalue weighted by molar-refractivity contribution is 6.30. The summed E-state index contributed by atoms with van der Waals surface area (Å²) in [5.74, 6) is 3.79. The monoisotopic (exact) mass is 282 g/mol. The number of hydrazine groups is 1. The highest BCUT2D eigenvalue weighted by atomic mass is 35.5. The molecular weight excluding hydrogens is 270 g/mol. The van der Waals surface area contributed by atoms with Crippen LogP contribution in [-0.2, 0) is 6.42 Å². The van der Waals surface area contributed by atoms with Crippen molar-refractivity contribution >= 4 is 11.6 Å². The van der Waals surface area contributed by atoms with Crippen LogP contribution in [0.2, 0.25) is 5.02 Å². The summed E-state index contributed by atoms with van der Waals surface area (Å²) in [6.07, 6.45) is 0.439. The zero-order valence-electron chi connectivity index (χ0n) is 10.0. The van der Waals surface area contributed by atoms with E-state index in [0.717, 1.165) is 11.6 Å². The Morgan fingerprint density at radius 1 is 1.11 bits per heavy atom. The van der Waals surface area contributed by atoms with E-state index in [9.17, 15) is 8.78 Å². The number of rotatable bonds is 4. The van der Waals surface area contributed by atoms with E-state index in [1.54, 1.807) is 12.1 Å². The van der Waals surface area contributed by atoms with Crippen LogP contribution in [0.5, 0.6) is 0 Å². The maximum Gasteiger partial charge on any atom is 0.159 e. The molecule has 2 aromatic rings. The first kappa shape index (κ1) is 13.9. The van der Waals surface area contributed by atoms with Crippen molar-refractivity contribution in [2.45, 2.75) is 12.5 Å². The Balaban J connectivity index is 2.21. The van der Waals surface area contributed by atoms with Crippen LogP contribution < -0.4 is 11.3 Å². The van der Waals surface area contributed by atoms with E-state index < -0.39 is 11.6 Å². The lowest BCUT2D eigenvalue weighted by molar-refractivity contribution is 0.502. The molecule has 2 rings (SSSR count). The lowest BCUT2D eigenvalue weighted by Crippen LogP contribution is -2.29. The van der Waals surface area contributed by atoms with Crippen molar-refractivity contribution in [2.24, 2.45) is 5.84 Å². The van der Waals surface area contributed by atoms with Crippen LogP contribution >= 0.6 is 11.6 Å². The van der Waals surface area contributed by atoms with Crippen molar-refractivity contribution in [3.05, 3.63) is 70.2 Å². The van der Waals surface area contributed by atoms with E-state index in [0.29, 0.717) is 17.0 Å². The molecule has 2 nitrogen and oxygen atoms in total. The van der Waals surface area contributed by atoms with Crippen LogP contribution in [0.25, 0.3) is 0 Å². The first-order chi connectivity index (χ1) is 9.10. The summed E-state index contributed by atoms with van der Waals surface area (Å²) < 4.78 is 26.0. The van der Waals surface area contributed by atoms with E-state index in [2.05, 4.69) is 5.43 Å². The van der Waals surface area contributed by atoms with Crippen LogP contribution in [0.15, 0.2) is 42.5 Å². The molecule has 1 unspecified atom stereocenters. The van der Waals surface area contributed by atoms with Gasteiger partial charge in [-0.2, -0.15) is 0 Å². The molecule has 0 aliphatic heterocycles. The average molecular weight is 283 g/mol. The van der Waals surface area contributed by atoms with Gasteiger partial charge in [0.15, 0.2) is 11.6 Å². The third kappa shape index (κ3) is 3.50. The predicted molar refractivity (Wildman–Crippen MR) is 71.6 cm³/mol. The van der Waals surface area contributed by atoms with Crippen LogP contribution in [0.3, 0.4) is 0 Å². The van der Waals surface area contributed by atoms with Gasteiger partial charge in [-0.05, 0) is 41.8 Å². The quantitative estimate of drug-likeness (QED) is 0.666. The molecule has 0 spiro atoms. The minimum atomic E-state index is -0.862. The summed E-state index contributed by atoms with van der Waals surface area (Å²) in [6, 6.07) is 10.8. The highest BCUT2D eigenvalue weighted by Gasteiger charge is 2.12. The number of nitrogens with two attached hydrogens (primary N) is 1. The molecule has 19 heavy (non-hydrogen) atoms. The second-order valence-electron chi connectivity index (χ2n) is 4.23. The van der Waals surface area contributed by atoms with Gasteiger partial charge < -0.3 is 0 Å². The zero-order chi connectivity index (χ0) is 13.8. The molecule has 0 aliphatic rings. The number of nitrogens with one attached hydrogen (secondary N) is 1. The van der Waals surface area contributed by atoms with Gasteiger partial charge in [0.2, 0.25) is 0 Å². The molecule has 3 N–H and O–H groups in total. The number of hydrogen-bond donors (Lipinski definition) is 2. The van der Waals surface area contributed by atoms with Crippen molar-refractivity contribution < 1.29 is 8.78 Å². The molecule has 0 amide bonds. The normalized spacial score (nSPS) is 12.4. The van der Waals surface area contributed by atoms with E-state index in [4.69, 9.17) is 17.4 Å². The van der Waals surface area contributed by atoms with E-state index in [1.807, 2.05) is 12.1 Å². The molecule has 0 fully saturated rings. The van der Waals surface area contributed by atoms with Gasteiger partial charge in [-0.3, -0.25) is 11.3 Å². The number of benzene rings is 2. The summed E-state index contributed by atoms with van der Waals surface area (Å²) >= 11 is 5.92. The molecule has 0 saturated heterocycles. The van der Waals surface area contributed by atoms with Crippen LogP contribution in [-0.4, -0.2) is 0 Å². The van der Waals surface area contributed by atoms with Crippen molar-refractivity contribution in [3.8, 4) is 0 Å². The molecule has 0 aliphatic carbocycles. The molecule has 0 aromatic heterocycles. The Morgan fingerprint density at radius 3 is 2.53 bits per heavy atom. The van der Waals surface area contributed by atoms with Gasteiger partial charge in [0.05, 0.1) is 6.04 Å². The van der Waals surface area contributed by atoms with Crippen molar-refractivity contribution in [1.82, 2.24) is 5.43 Å². The molecule has 1 atom stereocenters. The second kappa shape index (κ2) is 6.10. The summed E-state index contributed by atoms with van der Waals surface area (Å²) in [6.45, 7) is 0. The first-order valence-corrected chi connectivity index (χ1v) is 6.13. The maximum absolute atomic E-state index is 13.2. The second-order valence-corrected chi connectivity index (χ2v) is 4.66. The first-order valence-electron chi connectivity index (χ1n) is 5.75. The highest BCUT2D eigenvalue weighted by Crippen LogP contribution is 2.21. The van der Waals surface area contributed by atoms with Gasteiger partial charge in [-0.25, -0.2) is 8.78 Å². The number of halogens is 3. The van der Waals surface area contributed by atoms with Gasteiger partial charge in [0.25, 0.3) is 0 Å². The minimum Gasteiger partial charge on any atom is -0.271 e. The summed E-state index contributed by atoms with van der Waals surface area (Å²) in [4.78, 5) is 0. The largest absolute Gasteiger partial charge is 0.271 e. The molecule has 5 heteroatoms. The molecule has 0 bridgehead atoms. The van der Waals surface area contributed by atoms with E-state index >= 15 is 0 Å². The average Bonchev–Trinajstić information content (AvgIpc) is 2.40. The Labute approximate surface area is 115 Å². The summed E-state index contributed by atoms with van der Waals surface area (Å²) in [7, 11) is 0. The Bertz CT molecular complexity index is 575. The fourth-order valence-electron chi connectivity index (χ4n) is 1.90. The number of hydrogen-bond acceptors (Lipinski definition) is 2. The Hall–Kier alpha value is -1.49. The molecular formula is C14H13ClF2N2. The SMILES string of the molecule is NNC(Cc1ccc(F)c(F)c1)c1cccc(Cl)c1. The van der Waals surface area contributed by atoms with Crippen molar-refractivity contribution in [2.75, 3.05) is 0 Å². The zero-order valence-corrected chi connectivity index (χ0v) is 10.8. The summed E-state index contributed by atoms with van der Waals surface area (Å²) in [5, 5.41) is 0.600. The van der Waals surface area contributed by atoms with E-state index in [1.165, 1.54) is 12.1 Å². The van der Waals surface area contributed by atoms with E-state index in [-0.39, 0.29) is 6.04 Å². The van der Waals surface area contributed by atoms with Crippen molar-refractivity contribution in [3.63, 3.8) is 0 Å². The molecule has 0 heterocycles. The van der Waals surface area contributed by atoms with Gasteiger partial charge in [0, 0.05) is 5.02 Å². The molecule has 2 aromatic carbocycles. The van der Waals surface area contributed by atoms with Crippen LogP contribution in [0.1, 0.15) is 17.2 Å². The molecule has 0 saturated carbocycles.